The number of rotatable bonds is 5. The van der Waals surface area contributed by atoms with Crippen LogP contribution in [0.5, 0.6) is 11.8 Å². The summed E-state index contributed by atoms with van der Waals surface area (Å²) in [6.07, 6.45) is 1.62. The maximum atomic E-state index is 5.91. The minimum Gasteiger partial charge on any atom is -0.422 e. The second-order valence-corrected chi connectivity index (χ2v) is 4.43. The zero-order valence-corrected chi connectivity index (χ0v) is 12.4. The van der Waals surface area contributed by atoms with Gasteiger partial charge in [0.15, 0.2) is 0 Å². The Morgan fingerprint density at radius 3 is 2.50 bits per heavy atom. The molecule has 0 saturated heterocycles. The molecule has 0 aliphatic rings. The predicted molar refractivity (Wildman–Crippen MR) is 77.4 cm³/mol. The Morgan fingerprint density at radius 1 is 1.15 bits per heavy atom. The van der Waals surface area contributed by atoms with Gasteiger partial charge in [0.2, 0.25) is 11.2 Å². The van der Waals surface area contributed by atoms with E-state index in [1.807, 2.05) is 31.7 Å². The molecule has 0 spiro atoms. The number of anilines is 1. The van der Waals surface area contributed by atoms with Gasteiger partial charge < -0.3 is 9.64 Å². The molecule has 2 heterocycles. The van der Waals surface area contributed by atoms with Crippen molar-refractivity contribution in [3.8, 4) is 11.8 Å². The van der Waals surface area contributed by atoms with E-state index in [1.54, 1.807) is 12.3 Å². The minimum atomic E-state index is 0.108. The molecule has 0 amide bonds. The van der Waals surface area contributed by atoms with E-state index < -0.39 is 0 Å². The molecular formula is C13H16ClN5O. The van der Waals surface area contributed by atoms with Crippen LogP contribution in [0.25, 0.3) is 0 Å². The number of aryl methyl sites for hydroxylation is 1. The summed E-state index contributed by atoms with van der Waals surface area (Å²) in [7, 11) is 0. The van der Waals surface area contributed by atoms with Crippen LogP contribution in [0.4, 0.5) is 5.95 Å². The summed E-state index contributed by atoms with van der Waals surface area (Å²) in [4.78, 5) is 18.5. The van der Waals surface area contributed by atoms with E-state index in [-0.39, 0.29) is 11.3 Å². The fraction of sp³-hybridized carbons (Fsp3) is 0.385. The average Bonchev–Trinajstić information content (AvgIpc) is 2.42. The zero-order chi connectivity index (χ0) is 14.5. The predicted octanol–water partition coefficient (Wildman–Crippen LogP) is 2.87. The van der Waals surface area contributed by atoms with Crippen molar-refractivity contribution in [3.63, 3.8) is 0 Å². The highest BCUT2D eigenvalue weighted by Gasteiger charge is 2.11. The zero-order valence-electron chi connectivity index (χ0n) is 11.7. The van der Waals surface area contributed by atoms with Crippen molar-refractivity contribution in [2.24, 2.45) is 0 Å². The monoisotopic (exact) mass is 293 g/mol. The molecule has 0 saturated carbocycles. The Balaban J connectivity index is 2.25. The first-order valence-corrected chi connectivity index (χ1v) is 6.77. The standard InChI is InChI=1S/C13H16ClN5O/c1-4-19(5-2)12-16-11(14)17-13(18-12)20-10-7-6-9(3)15-8-10/h6-8H,4-5H2,1-3H3. The van der Waals surface area contributed by atoms with Gasteiger partial charge in [-0.2, -0.15) is 15.0 Å². The summed E-state index contributed by atoms with van der Waals surface area (Å²) in [5.74, 6) is 1.06. The molecule has 0 radical (unpaired) electrons. The van der Waals surface area contributed by atoms with Crippen LogP contribution in [0.3, 0.4) is 0 Å². The van der Waals surface area contributed by atoms with Gasteiger partial charge in [-0.3, -0.25) is 4.98 Å². The number of hydrogen-bond acceptors (Lipinski definition) is 6. The number of pyridine rings is 1. The van der Waals surface area contributed by atoms with Gasteiger partial charge in [0.1, 0.15) is 5.75 Å². The second kappa shape index (κ2) is 6.47. The maximum absolute atomic E-state index is 5.91. The number of nitrogens with zero attached hydrogens (tertiary/aromatic N) is 5. The fourth-order valence-corrected chi connectivity index (χ4v) is 1.78. The molecule has 6 nitrogen and oxygen atoms in total. The normalized spacial score (nSPS) is 10.4. The summed E-state index contributed by atoms with van der Waals surface area (Å²) in [6, 6.07) is 3.82. The van der Waals surface area contributed by atoms with Crippen LogP contribution in [0.15, 0.2) is 18.3 Å². The molecule has 0 fully saturated rings. The number of aromatic nitrogens is 4. The lowest BCUT2D eigenvalue weighted by atomic mass is 10.4. The second-order valence-electron chi connectivity index (χ2n) is 4.10. The van der Waals surface area contributed by atoms with E-state index >= 15 is 0 Å². The van der Waals surface area contributed by atoms with Crippen molar-refractivity contribution < 1.29 is 4.74 Å². The molecule has 2 aromatic heterocycles. The van der Waals surface area contributed by atoms with Crippen molar-refractivity contribution >= 4 is 17.5 Å². The van der Waals surface area contributed by atoms with Crippen molar-refractivity contribution in [1.29, 1.82) is 0 Å². The smallest absolute Gasteiger partial charge is 0.328 e. The third-order valence-corrected chi connectivity index (χ3v) is 2.88. The fourth-order valence-electron chi connectivity index (χ4n) is 1.64. The highest BCUT2D eigenvalue weighted by molar-refractivity contribution is 6.28. The van der Waals surface area contributed by atoms with Gasteiger partial charge in [-0.05, 0) is 44.5 Å². The van der Waals surface area contributed by atoms with Crippen LogP contribution in [0, 0.1) is 6.92 Å². The Kier molecular flexibility index (Phi) is 4.68. The molecular weight excluding hydrogens is 278 g/mol. The average molecular weight is 294 g/mol. The quantitative estimate of drug-likeness (QED) is 0.844. The lowest BCUT2D eigenvalue weighted by Crippen LogP contribution is -2.24. The Hall–Kier alpha value is -1.95. The first kappa shape index (κ1) is 14.5. The van der Waals surface area contributed by atoms with Crippen LogP contribution < -0.4 is 9.64 Å². The third kappa shape index (κ3) is 3.54. The Morgan fingerprint density at radius 2 is 1.90 bits per heavy atom. The topological polar surface area (TPSA) is 64.0 Å². The highest BCUT2D eigenvalue weighted by Crippen LogP contribution is 2.20. The molecule has 7 heteroatoms. The van der Waals surface area contributed by atoms with E-state index in [4.69, 9.17) is 16.3 Å². The van der Waals surface area contributed by atoms with Crippen molar-refractivity contribution in [2.75, 3.05) is 18.0 Å². The van der Waals surface area contributed by atoms with Gasteiger partial charge in [0.05, 0.1) is 6.20 Å². The van der Waals surface area contributed by atoms with E-state index in [2.05, 4.69) is 19.9 Å². The summed E-state index contributed by atoms with van der Waals surface area (Å²) >= 11 is 5.91. The molecule has 20 heavy (non-hydrogen) atoms. The molecule has 0 aromatic carbocycles. The molecule has 0 aliphatic carbocycles. The van der Waals surface area contributed by atoms with Gasteiger partial charge in [-0.1, -0.05) is 0 Å². The van der Waals surface area contributed by atoms with Gasteiger partial charge in [-0.25, -0.2) is 0 Å². The van der Waals surface area contributed by atoms with E-state index in [0.29, 0.717) is 11.7 Å². The summed E-state index contributed by atoms with van der Waals surface area (Å²) in [5, 5.41) is 0.108. The Labute approximate surface area is 122 Å². The highest BCUT2D eigenvalue weighted by atomic mass is 35.5. The third-order valence-electron chi connectivity index (χ3n) is 2.72. The summed E-state index contributed by atoms with van der Waals surface area (Å²) in [5.41, 5.74) is 0.912. The molecule has 0 N–H and O–H groups in total. The lowest BCUT2D eigenvalue weighted by molar-refractivity contribution is 0.437. The van der Waals surface area contributed by atoms with Crippen LogP contribution in [0.2, 0.25) is 5.28 Å². The largest absolute Gasteiger partial charge is 0.422 e. The molecule has 2 rings (SSSR count). The van der Waals surface area contributed by atoms with Gasteiger partial charge in [-0.15, -0.1) is 0 Å². The van der Waals surface area contributed by atoms with E-state index in [1.165, 1.54) is 0 Å². The van der Waals surface area contributed by atoms with Crippen molar-refractivity contribution in [2.45, 2.75) is 20.8 Å². The van der Waals surface area contributed by atoms with E-state index in [9.17, 15) is 0 Å². The van der Waals surface area contributed by atoms with Crippen LogP contribution in [-0.4, -0.2) is 33.0 Å². The maximum Gasteiger partial charge on any atom is 0.328 e. The molecule has 0 aliphatic heterocycles. The number of halogens is 1. The number of hydrogen-bond donors (Lipinski definition) is 0. The SMILES string of the molecule is CCN(CC)c1nc(Cl)nc(Oc2ccc(C)nc2)n1. The van der Waals surface area contributed by atoms with Crippen LogP contribution >= 0.6 is 11.6 Å². The lowest BCUT2D eigenvalue weighted by Gasteiger charge is -2.18. The van der Waals surface area contributed by atoms with Crippen molar-refractivity contribution in [1.82, 2.24) is 19.9 Å². The minimum absolute atomic E-state index is 0.108. The molecule has 0 atom stereocenters. The first-order chi connectivity index (χ1) is 9.62. The molecule has 106 valence electrons. The first-order valence-electron chi connectivity index (χ1n) is 6.39. The number of ether oxygens (including phenoxy) is 1. The van der Waals surface area contributed by atoms with Gasteiger partial charge >= 0.3 is 6.01 Å². The molecule has 0 unspecified atom stereocenters. The summed E-state index contributed by atoms with van der Waals surface area (Å²) < 4.78 is 5.56. The molecule has 0 bridgehead atoms. The van der Waals surface area contributed by atoms with Gasteiger partial charge in [0.25, 0.3) is 0 Å². The van der Waals surface area contributed by atoms with Crippen LogP contribution in [0.1, 0.15) is 19.5 Å². The summed E-state index contributed by atoms with van der Waals surface area (Å²) in [6.45, 7) is 7.50. The van der Waals surface area contributed by atoms with Crippen molar-refractivity contribution in [3.05, 3.63) is 29.3 Å². The molecule has 2 aromatic rings. The van der Waals surface area contributed by atoms with Gasteiger partial charge in [0, 0.05) is 18.8 Å². The van der Waals surface area contributed by atoms with E-state index in [0.717, 1.165) is 18.8 Å². The van der Waals surface area contributed by atoms with Crippen LogP contribution in [-0.2, 0) is 0 Å². The Bertz CT molecular complexity index is 571.